The molecule has 2 heteroatoms. The van der Waals surface area contributed by atoms with E-state index in [0.717, 1.165) is 15.7 Å². The number of hydrogen-bond donors (Lipinski definition) is 0. The molecule has 0 amide bonds. The fourth-order valence-electron chi connectivity index (χ4n) is 2.88. The molecule has 4 aromatic carbocycles. The van der Waals surface area contributed by atoms with Gasteiger partial charge < -0.3 is 0 Å². The van der Waals surface area contributed by atoms with Crippen molar-refractivity contribution in [2.45, 2.75) is 0 Å². The van der Waals surface area contributed by atoms with Gasteiger partial charge in [0.15, 0.2) is 0 Å². The van der Waals surface area contributed by atoms with Crippen LogP contribution in [0.15, 0.2) is 60.7 Å². The molecule has 0 radical (unpaired) electrons. The maximum atomic E-state index is 6.42. The predicted octanol–water partition coefficient (Wildman–Crippen LogP) is 5.30. The summed E-state index contributed by atoms with van der Waals surface area (Å²) in [7, 11) is 2.69. The topological polar surface area (TPSA) is 0 Å². The van der Waals surface area contributed by atoms with Gasteiger partial charge in [-0.2, -0.15) is 0 Å². The standard InChI is InChI=1S/C18H12ClP/c19-18-16-8-7-13-12-4-2-1-3-11(12)5-6-14(13)15(16)9-10-17(18)20/h1-10H,20H2. The van der Waals surface area contributed by atoms with E-state index in [1.807, 2.05) is 0 Å². The van der Waals surface area contributed by atoms with Crippen LogP contribution in [0, 0.1) is 0 Å². The van der Waals surface area contributed by atoms with E-state index >= 15 is 0 Å². The first-order valence-electron chi connectivity index (χ1n) is 6.54. The summed E-state index contributed by atoms with van der Waals surface area (Å²) in [5, 5.41) is 9.29. The summed E-state index contributed by atoms with van der Waals surface area (Å²) in [6.07, 6.45) is 0. The van der Waals surface area contributed by atoms with Crippen molar-refractivity contribution in [1.29, 1.82) is 0 Å². The molecular formula is C18H12ClP. The van der Waals surface area contributed by atoms with Crippen molar-refractivity contribution in [2.75, 3.05) is 0 Å². The number of halogens is 1. The second-order valence-electron chi connectivity index (χ2n) is 5.01. The molecule has 1 atom stereocenters. The lowest BCUT2D eigenvalue weighted by molar-refractivity contribution is 1.79. The zero-order chi connectivity index (χ0) is 13.7. The predicted molar refractivity (Wildman–Crippen MR) is 93.3 cm³/mol. The molecule has 0 aliphatic heterocycles. The minimum Gasteiger partial charge on any atom is -0.104 e. The highest BCUT2D eigenvalue weighted by Gasteiger charge is 2.07. The van der Waals surface area contributed by atoms with Crippen LogP contribution in [0.3, 0.4) is 0 Å². The third-order valence-corrected chi connectivity index (χ3v) is 4.97. The molecule has 0 N–H and O–H groups in total. The third kappa shape index (κ3) is 1.66. The number of benzene rings is 4. The van der Waals surface area contributed by atoms with Gasteiger partial charge in [-0.05, 0) is 32.2 Å². The van der Waals surface area contributed by atoms with Crippen LogP contribution in [-0.2, 0) is 0 Å². The monoisotopic (exact) mass is 294 g/mol. The Balaban J connectivity index is 2.26. The van der Waals surface area contributed by atoms with E-state index in [1.54, 1.807) is 0 Å². The lowest BCUT2D eigenvalue weighted by atomic mass is 9.97. The molecule has 4 rings (SSSR count). The molecule has 0 aliphatic rings. The maximum absolute atomic E-state index is 6.42. The van der Waals surface area contributed by atoms with E-state index in [2.05, 4.69) is 69.9 Å². The molecule has 0 saturated carbocycles. The van der Waals surface area contributed by atoms with Gasteiger partial charge in [-0.15, -0.1) is 9.24 Å². The lowest BCUT2D eigenvalue weighted by Crippen LogP contribution is -1.93. The minimum absolute atomic E-state index is 0.822. The summed E-state index contributed by atoms with van der Waals surface area (Å²) >= 11 is 6.42. The lowest BCUT2D eigenvalue weighted by Gasteiger charge is -2.09. The molecule has 0 bridgehead atoms. The molecular weight excluding hydrogens is 283 g/mol. The Morgan fingerprint density at radius 3 is 2.10 bits per heavy atom. The molecule has 1 unspecified atom stereocenters. The van der Waals surface area contributed by atoms with Gasteiger partial charge in [0.1, 0.15) is 0 Å². The molecule has 0 aromatic heterocycles. The fraction of sp³-hybridized carbons (Fsp3) is 0. The summed E-state index contributed by atoms with van der Waals surface area (Å²) < 4.78 is 0. The summed E-state index contributed by atoms with van der Waals surface area (Å²) in [6, 6.07) is 21.4. The van der Waals surface area contributed by atoms with Crippen molar-refractivity contribution in [1.82, 2.24) is 0 Å². The SMILES string of the molecule is Pc1ccc2c(ccc3c4ccccc4ccc23)c1Cl. The average molecular weight is 295 g/mol. The number of fused-ring (bicyclic) bond motifs is 5. The van der Waals surface area contributed by atoms with Crippen LogP contribution in [0.25, 0.3) is 32.3 Å². The van der Waals surface area contributed by atoms with Crippen LogP contribution in [0.2, 0.25) is 5.02 Å². The van der Waals surface area contributed by atoms with E-state index in [9.17, 15) is 0 Å². The Labute approximate surface area is 124 Å². The van der Waals surface area contributed by atoms with Crippen LogP contribution >= 0.6 is 20.8 Å². The molecule has 4 aromatic rings. The van der Waals surface area contributed by atoms with E-state index < -0.39 is 0 Å². The van der Waals surface area contributed by atoms with E-state index in [1.165, 1.54) is 26.9 Å². The van der Waals surface area contributed by atoms with Crippen molar-refractivity contribution in [3.05, 3.63) is 65.7 Å². The van der Waals surface area contributed by atoms with Gasteiger partial charge >= 0.3 is 0 Å². The quantitative estimate of drug-likeness (QED) is 0.305. The molecule has 0 heterocycles. The summed E-state index contributed by atoms with van der Waals surface area (Å²) in [5.74, 6) is 0. The average Bonchev–Trinajstić information content (AvgIpc) is 2.50. The van der Waals surface area contributed by atoms with E-state index in [4.69, 9.17) is 11.6 Å². The minimum atomic E-state index is 0.822. The molecule has 0 aliphatic carbocycles. The Bertz CT molecular complexity index is 973. The van der Waals surface area contributed by atoms with Crippen LogP contribution in [-0.4, -0.2) is 0 Å². The zero-order valence-electron chi connectivity index (χ0n) is 10.7. The Kier molecular flexibility index (Phi) is 2.70. The van der Waals surface area contributed by atoms with Crippen molar-refractivity contribution in [3.8, 4) is 0 Å². The smallest absolute Gasteiger partial charge is 0.0556 e. The van der Waals surface area contributed by atoms with Crippen molar-refractivity contribution in [2.24, 2.45) is 0 Å². The van der Waals surface area contributed by atoms with Crippen LogP contribution < -0.4 is 5.30 Å². The van der Waals surface area contributed by atoms with Crippen molar-refractivity contribution < 1.29 is 0 Å². The molecule has 0 spiro atoms. The van der Waals surface area contributed by atoms with E-state index in [-0.39, 0.29) is 0 Å². The maximum Gasteiger partial charge on any atom is 0.0556 e. The number of hydrogen-bond acceptors (Lipinski definition) is 0. The van der Waals surface area contributed by atoms with Gasteiger partial charge in [-0.3, -0.25) is 0 Å². The van der Waals surface area contributed by atoms with Gasteiger partial charge in [0, 0.05) is 5.39 Å². The Hall–Kier alpha value is -1.62. The van der Waals surface area contributed by atoms with Crippen LogP contribution in [0.1, 0.15) is 0 Å². The molecule has 0 fully saturated rings. The van der Waals surface area contributed by atoms with Crippen LogP contribution in [0.5, 0.6) is 0 Å². The fourth-order valence-corrected chi connectivity index (χ4v) is 3.36. The summed E-state index contributed by atoms with van der Waals surface area (Å²) in [4.78, 5) is 0. The van der Waals surface area contributed by atoms with Crippen molar-refractivity contribution in [3.63, 3.8) is 0 Å². The highest BCUT2D eigenvalue weighted by Crippen LogP contribution is 2.33. The Morgan fingerprint density at radius 1 is 0.600 bits per heavy atom. The molecule has 20 heavy (non-hydrogen) atoms. The summed E-state index contributed by atoms with van der Waals surface area (Å²) in [6.45, 7) is 0. The van der Waals surface area contributed by atoms with Gasteiger partial charge in [0.25, 0.3) is 0 Å². The molecule has 96 valence electrons. The van der Waals surface area contributed by atoms with Crippen molar-refractivity contribution >= 4 is 58.5 Å². The van der Waals surface area contributed by atoms with Gasteiger partial charge in [0.2, 0.25) is 0 Å². The zero-order valence-corrected chi connectivity index (χ0v) is 12.6. The normalized spacial score (nSPS) is 11.5. The molecule has 0 nitrogen and oxygen atoms in total. The second-order valence-corrected chi connectivity index (χ2v) is 6.01. The van der Waals surface area contributed by atoms with E-state index in [0.29, 0.717) is 0 Å². The largest absolute Gasteiger partial charge is 0.104 e. The first-order valence-corrected chi connectivity index (χ1v) is 7.49. The van der Waals surface area contributed by atoms with Crippen LogP contribution in [0.4, 0.5) is 0 Å². The Morgan fingerprint density at radius 2 is 1.20 bits per heavy atom. The first kappa shape index (κ1) is 12.1. The highest BCUT2D eigenvalue weighted by atomic mass is 35.5. The highest BCUT2D eigenvalue weighted by molar-refractivity contribution is 7.28. The third-order valence-electron chi connectivity index (χ3n) is 3.89. The summed E-state index contributed by atoms with van der Waals surface area (Å²) in [5.41, 5.74) is 0. The molecule has 0 saturated heterocycles. The number of rotatable bonds is 0. The first-order chi connectivity index (χ1) is 9.75. The van der Waals surface area contributed by atoms with Gasteiger partial charge in [-0.25, -0.2) is 0 Å². The van der Waals surface area contributed by atoms with Gasteiger partial charge in [-0.1, -0.05) is 72.3 Å². The second kappa shape index (κ2) is 4.45. The van der Waals surface area contributed by atoms with Gasteiger partial charge in [0.05, 0.1) is 5.02 Å².